The van der Waals surface area contributed by atoms with Gasteiger partial charge in [0.1, 0.15) is 0 Å². The van der Waals surface area contributed by atoms with Crippen LogP contribution in [0.4, 0.5) is 4.79 Å². The van der Waals surface area contributed by atoms with Crippen molar-refractivity contribution in [2.75, 3.05) is 19.3 Å². The van der Waals surface area contributed by atoms with E-state index in [1.54, 1.807) is 6.92 Å². The fourth-order valence-corrected chi connectivity index (χ4v) is 2.93. The Morgan fingerprint density at radius 2 is 2.00 bits per heavy atom. The Bertz CT molecular complexity index is 493. The van der Waals surface area contributed by atoms with Crippen molar-refractivity contribution < 1.29 is 23.1 Å². The molecule has 2 amide bonds. The molecule has 4 N–H and O–H groups in total. The minimum Gasteiger partial charge on any atom is -0.481 e. The van der Waals surface area contributed by atoms with Gasteiger partial charge in [-0.1, -0.05) is 6.42 Å². The topological polar surface area (TPSA) is 125 Å². The summed E-state index contributed by atoms with van der Waals surface area (Å²) >= 11 is 0. The highest BCUT2D eigenvalue weighted by Gasteiger charge is 2.45. The van der Waals surface area contributed by atoms with Crippen LogP contribution in [-0.2, 0) is 14.8 Å². The van der Waals surface area contributed by atoms with Crippen molar-refractivity contribution in [3.8, 4) is 0 Å². The standard InChI is InChI=1S/C12H23N3O5S/c1-12(10(16)17)6-3-5-9(12)15-11(18)13-7-4-8-14-21(2,19)20/h9,14H,3-8H2,1-2H3,(H,16,17)(H2,13,15,18). The van der Waals surface area contributed by atoms with Gasteiger partial charge in [0, 0.05) is 19.1 Å². The van der Waals surface area contributed by atoms with E-state index in [2.05, 4.69) is 15.4 Å². The molecule has 0 bridgehead atoms. The molecule has 0 heterocycles. The van der Waals surface area contributed by atoms with Crippen LogP contribution in [0, 0.1) is 5.41 Å². The van der Waals surface area contributed by atoms with E-state index >= 15 is 0 Å². The van der Waals surface area contributed by atoms with Gasteiger partial charge in [0.15, 0.2) is 0 Å². The van der Waals surface area contributed by atoms with Crippen LogP contribution in [0.3, 0.4) is 0 Å². The summed E-state index contributed by atoms with van der Waals surface area (Å²) in [6.45, 7) is 2.20. The third-order valence-electron chi connectivity index (χ3n) is 3.76. The number of sulfonamides is 1. The van der Waals surface area contributed by atoms with Gasteiger partial charge in [0.05, 0.1) is 11.7 Å². The number of aliphatic carboxylic acids is 1. The molecule has 0 spiro atoms. The first-order chi connectivity index (χ1) is 9.65. The molecule has 1 saturated carbocycles. The average Bonchev–Trinajstić information content (AvgIpc) is 2.70. The van der Waals surface area contributed by atoms with Gasteiger partial charge in [0.2, 0.25) is 10.0 Å². The molecule has 21 heavy (non-hydrogen) atoms. The lowest BCUT2D eigenvalue weighted by atomic mass is 9.85. The maximum absolute atomic E-state index is 11.7. The van der Waals surface area contributed by atoms with Gasteiger partial charge in [0.25, 0.3) is 0 Å². The Kier molecular flexibility index (Phi) is 5.97. The molecule has 2 atom stereocenters. The summed E-state index contributed by atoms with van der Waals surface area (Å²) in [5, 5.41) is 14.5. The second kappa shape index (κ2) is 7.08. The summed E-state index contributed by atoms with van der Waals surface area (Å²) in [4.78, 5) is 23.0. The quantitative estimate of drug-likeness (QED) is 0.486. The van der Waals surface area contributed by atoms with E-state index in [0.717, 1.165) is 12.7 Å². The van der Waals surface area contributed by atoms with E-state index in [0.29, 0.717) is 25.8 Å². The Morgan fingerprint density at radius 3 is 2.57 bits per heavy atom. The monoisotopic (exact) mass is 321 g/mol. The fourth-order valence-electron chi connectivity index (χ4n) is 2.41. The molecule has 1 aliphatic rings. The minimum absolute atomic E-state index is 0.245. The van der Waals surface area contributed by atoms with Gasteiger partial charge < -0.3 is 15.7 Å². The van der Waals surface area contributed by atoms with Crippen molar-refractivity contribution in [1.29, 1.82) is 0 Å². The second-order valence-electron chi connectivity index (χ2n) is 5.59. The predicted octanol–water partition coefficient (Wildman–Crippen LogP) is -0.132. The van der Waals surface area contributed by atoms with E-state index in [-0.39, 0.29) is 12.6 Å². The SMILES string of the molecule is CC1(C(=O)O)CCCC1NC(=O)NCCCNS(C)(=O)=O. The summed E-state index contributed by atoms with van der Waals surface area (Å²) in [6.07, 6.45) is 3.49. The number of rotatable bonds is 7. The summed E-state index contributed by atoms with van der Waals surface area (Å²) in [5.41, 5.74) is -0.921. The van der Waals surface area contributed by atoms with Crippen molar-refractivity contribution in [3.63, 3.8) is 0 Å². The fraction of sp³-hybridized carbons (Fsp3) is 0.833. The molecular weight excluding hydrogens is 298 g/mol. The van der Waals surface area contributed by atoms with Crippen LogP contribution in [-0.4, -0.2) is 50.9 Å². The van der Waals surface area contributed by atoms with Crippen molar-refractivity contribution in [2.45, 2.75) is 38.6 Å². The van der Waals surface area contributed by atoms with Crippen LogP contribution in [0.15, 0.2) is 0 Å². The Labute approximate surface area is 124 Å². The number of carboxylic acid groups (broad SMARTS) is 1. The molecule has 0 saturated heterocycles. The van der Waals surface area contributed by atoms with E-state index in [9.17, 15) is 23.1 Å². The number of amides is 2. The summed E-state index contributed by atoms with van der Waals surface area (Å²) in [6, 6.07) is -0.808. The zero-order valence-electron chi connectivity index (χ0n) is 12.3. The molecule has 0 aliphatic heterocycles. The summed E-state index contributed by atoms with van der Waals surface area (Å²) in [7, 11) is -3.21. The molecule has 1 aliphatic carbocycles. The number of urea groups is 1. The average molecular weight is 321 g/mol. The molecule has 1 rings (SSSR count). The molecule has 122 valence electrons. The van der Waals surface area contributed by atoms with Crippen LogP contribution >= 0.6 is 0 Å². The number of nitrogens with one attached hydrogen (secondary N) is 3. The number of carbonyl (C=O) groups is 2. The highest BCUT2D eigenvalue weighted by atomic mass is 32.2. The molecule has 0 radical (unpaired) electrons. The highest BCUT2D eigenvalue weighted by Crippen LogP contribution is 2.38. The predicted molar refractivity (Wildman–Crippen MR) is 77.4 cm³/mol. The van der Waals surface area contributed by atoms with Crippen LogP contribution in [0.5, 0.6) is 0 Å². The first-order valence-electron chi connectivity index (χ1n) is 6.87. The van der Waals surface area contributed by atoms with Gasteiger partial charge in [-0.05, 0) is 26.2 Å². The Morgan fingerprint density at radius 1 is 1.33 bits per heavy atom. The first kappa shape index (κ1) is 17.7. The van der Waals surface area contributed by atoms with E-state index in [4.69, 9.17) is 0 Å². The van der Waals surface area contributed by atoms with Gasteiger partial charge in [-0.15, -0.1) is 0 Å². The van der Waals surface area contributed by atoms with Gasteiger partial charge in [-0.3, -0.25) is 4.79 Å². The van der Waals surface area contributed by atoms with Crippen molar-refractivity contribution in [1.82, 2.24) is 15.4 Å². The molecule has 0 aromatic rings. The lowest BCUT2D eigenvalue weighted by molar-refractivity contribution is -0.148. The third-order valence-corrected chi connectivity index (χ3v) is 4.48. The second-order valence-corrected chi connectivity index (χ2v) is 7.42. The normalized spacial score (nSPS) is 25.5. The zero-order valence-corrected chi connectivity index (χ0v) is 13.1. The smallest absolute Gasteiger partial charge is 0.315 e. The third kappa shape index (κ3) is 5.50. The first-order valence-corrected chi connectivity index (χ1v) is 8.77. The van der Waals surface area contributed by atoms with Gasteiger partial charge >= 0.3 is 12.0 Å². The molecule has 1 fully saturated rings. The lowest BCUT2D eigenvalue weighted by Gasteiger charge is -2.27. The summed E-state index contributed by atoms with van der Waals surface area (Å²) < 4.78 is 24.0. The van der Waals surface area contributed by atoms with Crippen LogP contribution in [0.1, 0.15) is 32.6 Å². The van der Waals surface area contributed by atoms with Crippen LogP contribution in [0.25, 0.3) is 0 Å². The largest absolute Gasteiger partial charge is 0.481 e. The van der Waals surface area contributed by atoms with Crippen molar-refractivity contribution in [2.24, 2.45) is 5.41 Å². The Balaban J connectivity index is 2.29. The number of carbonyl (C=O) groups excluding carboxylic acids is 1. The highest BCUT2D eigenvalue weighted by molar-refractivity contribution is 7.88. The number of hydrogen-bond acceptors (Lipinski definition) is 4. The molecule has 8 nitrogen and oxygen atoms in total. The van der Waals surface area contributed by atoms with Gasteiger partial charge in [-0.25, -0.2) is 17.9 Å². The van der Waals surface area contributed by atoms with Crippen molar-refractivity contribution in [3.05, 3.63) is 0 Å². The number of hydrogen-bond donors (Lipinski definition) is 4. The maximum atomic E-state index is 11.7. The lowest BCUT2D eigenvalue weighted by Crippen LogP contribution is -2.50. The molecule has 9 heteroatoms. The Hall–Kier alpha value is -1.35. The maximum Gasteiger partial charge on any atom is 0.315 e. The van der Waals surface area contributed by atoms with Crippen LogP contribution in [0.2, 0.25) is 0 Å². The van der Waals surface area contributed by atoms with E-state index in [1.807, 2.05) is 0 Å². The van der Waals surface area contributed by atoms with Gasteiger partial charge in [-0.2, -0.15) is 0 Å². The van der Waals surface area contributed by atoms with E-state index < -0.39 is 27.4 Å². The van der Waals surface area contributed by atoms with E-state index in [1.165, 1.54) is 0 Å². The minimum atomic E-state index is -3.21. The van der Waals surface area contributed by atoms with Crippen LogP contribution < -0.4 is 15.4 Å². The number of carboxylic acids is 1. The molecular formula is C12H23N3O5S. The molecule has 2 unspecified atom stereocenters. The molecule has 0 aromatic carbocycles. The molecule has 0 aromatic heterocycles. The zero-order chi connectivity index (χ0) is 16.1. The van der Waals surface area contributed by atoms with Crippen molar-refractivity contribution >= 4 is 22.0 Å². The summed E-state index contributed by atoms with van der Waals surface area (Å²) in [5.74, 6) is -0.900.